The van der Waals surface area contributed by atoms with Crippen molar-refractivity contribution >= 4 is 11.6 Å². The topological polar surface area (TPSA) is 88.9 Å². The summed E-state index contributed by atoms with van der Waals surface area (Å²) in [6.45, 7) is 0. The van der Waals surface area contributed by atoms with Gasteiger partial charge in [0.05, 0.1) is 18.9 Å². The van der Waals surface area contributed by atoms with E-state index in [1.54, 1.807) is 13.3 Å². The van der Waals surface area contributed by atoms with Crippen molar-refractivity contribution in [2.75, 3.05) is 12.4 Å². The van der Waals surface area contributed by atoms with Gasteiger partial charge in [-0.15, -0.1) is 5.10 Å². The maximum Gasteiger partial charge on any atom is 0.246 e. The van der Waals surface area contributed by atoms with E-state index in [0.717, 1.165) is 16.8 Å². The lowest BCUT2D eigenvalue weighted by Gasteiger charge is -2.09. The summed E-state index contributed by atoms with van der Waals surface area (Å²) in [5.74, 6) is 2.50. The summed E-state index contributed by atoms with van der Waals surface area (Å²) in [6, 6.07) is 15.5. The molecule has 124 valence electrons. The molecule has 2 aromatic heterocycles. The van der Waals surface area contributed by atoms with Crippen LogP contribution >= 0.6 is 0 Å². The number of aromatic amines is 1. The monoisotopic (exact) mass is 333 g/mol. The average molecular weight is 333 g/mol. The molecule has 0 atom stereocenters. The van der Waals surface area contributed by atoms with Gasteiger partial charge in [0.2, 0.25) is 5.95 Å². The van der Waals surface area contributed by atoms with E-state index < -0.39 is 0 Å². The van der Waals surface area contributed by atoms with Crippen molar-refractivity contribution < 1.29 is 9.15 Å². The first-order chi connectivity index (χ1) is 12.3. The molecule has 0 saturated carbocycles. The zero-order valence-electron chi connectivity index (χ0n) is 13.4. The van der Waals surface area contributed by atoms with Gasteiger partial charge in [-0.3, -0.25) is 5.10 Å². The highest BCUT2D eigenvalue weighted by atomic mass is 16.5. The van der Waals surface area contributed by atoms with Crippen LogP contribution in [0.4, 0.5) is 11.6 Å². The van der Waals surface area contributed by atoms with E-state index in [0.29, 0.717) is 23.3 Å². The van der Waals surface area contributed by atoms with E-state index in [9.17, 15) is 0 Å². The number of benzene rings is 2. The summed E-state index contributed by atoms with van der Waals surface area (Å²) in [6.07, 6.45) is 3.03. The van der Waals surface area contributed by atoms with Crippen molar-refractivity contribution in [2.45, 2.75) is 0 Å². The van der Waals surface area contributed by atoms with Crippen molar-refractivity contribution in [1.29, 1.82) is 0 Å². The number of methoxy groups -OCH3 is 1. The molecule has 0 saturated heterocycles. The highest BCUT2D eigenvalue weighted by Crippen LogP contribution is 2.32. The van der Waals surface area contributed by atoms with Gasteiger partial charge in [-0.25, -0.2) is 4.98 Å². The SMILES string of the molecule is COc1cc(Nc2n[nH]c(-c3ccccc3)n2)ccc1-c1cnco1. The Morgan fingerprint density at radius 1 is 1.12 bits per heavy atom. The number of H-pyrrole nitrogens is 1. The zero-order valence-corrected chi connectivity index (χ0v) is 13.4. The maximum atomic E-state index is 5.45. The minimum atomic E-state index is 0.480. The molecule has 0 fully saturated rings. The van der Waals surface area contributed by atoms with Crippen LogP contribution < -0.4 is 10.1 Å². The molecule has 4 aromatic rings. The number of ether oxygens (including phenoxy) is 1. The highest BCUT2D eigenvalue weighted by molar-refractivity contribution is 5.71. The number of nitrogens with one attached hydrogen (secondary N) is 2. The Balaban J connectivity index is 1.58. The molecule has 0 aliphatic heterocycles. The van der Waals surface area contributed by atoms with Gasteiger partial charge in [0.1, 0.15) is 5.75 Å². The number of hydrogen-bond donors (Lipinski definition) is 2. The average Bonchev–Trinajstić information content (AvgIpc) is 3.34. The molecular formula is C18H15N5O2. The molecule has 0 aliphatic carbocycles. The Bertz CT molecular complexity index is 964. The molecule has 0 radical (unpaired) electrons. The van der Waals surface area contributed by atoms with Crippen LogP contribution in [0.15, 0.2) is 65.5 Å². The Morgan fingerprint density at radius 3 is 2.76 bits per heavy atom. The van der Waals surface area contributed by atoms with E-state index in [1.165, 1.54) is 6.39 Å². The van der Waals surface area contributed by atoms with Crippen LogP contribution in [-0.2, 0) is 0 Å². The van der Waals surface area contributed by atoms with Crippen molar-refractivity contribution in [2.24, 2.45) is 0 Å². The fraction of sp³-hybridized carbons (Fsp3) is 0.0556. The predicted octanol–water partition coefficient (Wildman–Crippen LogP) is 3.88. The first kappa shape index (κ1) is 14.9. The summed E-state index contributed by atoms with van der Waals surface area (Å²) < 4.78 is 10.8. The first-order valence-corrected chi connectivity index (χ1v) is 7.65. The lowest BCUT2D eigenvalue weighted by atomic mass is 10.1. The van der Waals surface area contributed by atoms with E-state index in [1.807, 2.05) is 48.5 Å². The zero-order chi connectivity index (χ0) is 17.1. The quantitative estimate of drug-likeness (QED) is 0.576. The van der Waals surface area contributed by atoms with Gasteiger partial charge in [-0.2, -0.15) is 4.98 Å². The van der Waals surface area contributed by atoms with Crippen molar-refractivity contribution in [3.8, 4) is 28.5 Å². The van der Waals surface area contributed by atoms with Crippen LogP contribution in [0.25, 0.3) is 22.7 Å². The Hall–Kier alpha value is -3.61. The van der Waals surface area contributed by atoms with Crippen LogP contribution in [0.5, 0.6) is 5.75 Å². The summed E-state index contributed by atoms with van der Waals surface area (Å²) in [5, 5.41) is 10.3. The summed E-state index contributed by atoms with van der Waals surface area (Å²) in [4.78, 5) is 8.39. The van der Waals surface area contributed by atoms with Crippen molar-refractivity contribution in [1.82, 2.24) is 20.2 Å². The van der Waals surface area contributed by atoms with Gasteiger partial charge in [-0.05, 0) is 12.1 Å². The molecule has 4 rings (SSSR count). The summed E-state index contributed by atoms with van der Waals surface area (Å²) in [7, 11) is 1.61. The minimum Gasteiger partial charge on any atom is -0.496 e. The second kappa shape index (κ2) is 6.48. The van der Waals surface area contributed by atoms with Crippen LogP contribution in [0.1, 0.15) is 0 Å². The molecular weight excluding hydrogens is 318 g/mol. The number of aromatic nitrogens is 4. The molecule has 0 bridgehead atoms. The highest BCUT2D eigenvalue weighted by Gasteiger charge is 2.11. The van der Waals surface area contributed by atoms with Crippen molar-refractivity contribution in [3.63, 3.8) is 0 Å². The molecule has 7 heteroatoms. The molecule has 2 heterocycles. The van der Waals surface area contributed by atoms with E-state index >= 15 is 0 Å². The first-order valence-electron chi connectivity index (χ1n) is 7.65. The second-order valence-electron chi connectivity index (χ2n) is 5.28. The lowest BCUT2D eigenvalue weighted by molar-refractivity contribution is 0.415. The number of rotatable bonds is 5. The third-order valence-electron chi connectivity index (χ3n) is 3.69. The van der Waals surface area contributed by atoms with Gasteiger partial charge < -0.3 is 14.5 Å². The summed E-state index contributed by atoms with van der Waals surface area (Å²) in [5.41, 5.74) is 2.60. The van der Waals surface area contributed by atoms with Crippen molar-refractivity contribution in [3.05, 3.63) is 61.1 Å². The Morgan fingerprint density at radius 2 is 2.00 bits per heavy atom. The molecule has 2 N–H and O–H groups in total. The molecule has 0 spiro atoms. The second-order valence-corrected chi connectivity index (χ2v) is 5.28. The normalized spacial score (nSPS) is 10.6. The fourth-order valence-electron chi connectivity index (χ4n) is 2.49. The van der Waals surface area contributed by atoms with Gasteiger partial charge in [0, 0.05) is 17.3 Å². The number of nitrogens with zero attached hydrogens (tertiary/aromatic N) is 3. The Kier molecular flexibility index (Phi) is 3.88. The number of oxazole rings is 1. The molecule has 25 heavy (non-hydrogen) atoms. The minimum absolute atomic E-state index is 0.480. The van der Waals surface area contributed by atoms with Gasteiger partial charge >= 0.3 is 0 Å². The number of anilines is 2. The van der Waals surface area contributed by atoms with Gasteiger partial charge in [-0.1, -0.05) is 30.3 Å². The van der Waals surface area contributed by atoms with Crippen LogP contribution in [0.3, 0.4) is 0 Å². The molecule has 2 aromatic carbocycles. The van der Waals surface area contributed by atoms with E-state index in [4.69, 9.17) is 9.15 Å². The Labute approximate surface area is 143 Å². The predicted molar refractivity (Wildman–Crippen MR) is 93.6 cm³/mol. The van der Waals surface area contributed by atoms with Gasteiger partial charge in [0.15, 0.2) is 18.0 Å². The fourth-order valence-corrected chi connectivity index (χ4v) is 2.49. The van der Waals surface area contributed by atoms with Crippen LogP contribution in [0.2, 0.25) is 0 Å². The number of hydrogen-bond acceptors (Lipinski definition) is 6. The molecule has 0 aliphatic rings. The lowest BCUT2D eigenvalue weighted by Crippen LogP contribution is -1.94. The largest absolute Gasteiger partial charge is 0.496 e. The third kappa shape index (κ3) is 3.07. The van der Waals surface area contributed by atoms with E-state index in [2.05, 4.69) is 25.5 Å². The third-order valence-corrected chi connectivity index (χ3v) is 3.69. The van der Waals surface area contributed by atoms with Crippen LogP contribution in [0, 0.1) is 0 Å². The smallest absolute Gasteiger partial charge is 0.246 e. The molecule has 0 amide bonds. The summed E-state index contributed by atoms with van der Waals surface area (Å²) >= 11 is 0. The molecule has 0 unspecified atom stereocenters. The van der Waals surface area contributed by atoms with Crippen LogP contribution in [-0.4, -0.2) is 27.3 Å². The van der Waals surface area contributed by atoms with E-state index in [-0.39, 0.29) is 0 Å². The molecule has 7 nitrogen and oxygen atoms in total. The maximum absolute atomic E-state index is 5.45. The van der Waals surface area contributed by atoms with Gasteiger partial charge in [0.25, 0.3) is 0 Å². The standard InChI is InChI=1S/C18H15N5O2/c1-24-15-9-13(7-8-14(15)16-10-19-11-25-16)20-18-21-17(22-23-18)12-5-3-2-4-6-12/h2-11H,1H3,(H2,20,21,22,23).